The lowest BCUT2D eigenvalue weighted by Gasteiger charge is -2.31. The first-order valence-electron chi connectivity index (χ1n) is 10.5. The fourth-order valence-electron chi connectivity index (χ4n) is 3.46. The van der Waals surface area contributed by atoms with Gasteiger partial charge in [0.05, 0.1) is 12.8 Å². The van der Waals surface area contributed by atoms with Gasteiger partial charge in [0.2, 0.25) is 0 Å². The van der Waals surface area contributed by atoms with Crippen molar-refractivity contribution in [3.05, 3.63) is 66.4 Å². The summed E-state index contributed by atoms with van der Waals surface area (Å²) in [7, 11) is 1.28. The minimum atomic E-state index is -1.19. The predicted octanol–water partition coefficient (Wildman–Crippen LogP) is 3.64. The van der Waals surface area contributed by atoms with Crippen LogP contribution in [0.15, 0.2) is 65.8 Å². The van der Waals surface area contributed by atoms with E-state index in [-0.39, 0.29) is 6.67 Å². The number of nitrogens with zero attached hydrogens (tertiary/aromatic N) is 3. The largest absolute Gasteiger partial charge is 0.467 e. The zero-order valence-corrected chi connectivity index (χ0v) is 19.7. The summed E-state index contributed by atoms with van der Waals surface area (Å²) < 4.78 is 4.85. The number of hydrazine groups is 1. The average molecular weight is 483 g/mol. The second-order valence-corrected chi connectivity index (χ2v) is 8.26. The van der Waals surface area contributed by atoms with Crippen LogP contribution in [0.1, 0.15) is 16.8 Å². The molecule has 1 atom stereocenters. The van der Waals surface area contributed by atoms with Crippen molar-refractivity contribution >= 4 is 41.6 Å². The molecular weight excluding hydrogens is 456 g/mol. The zero-order valence-electron chi connectivity index (χ0n) is 18.9. The second kappa shape index (κ2) is 11.9. The highest BCUT2D eigenvalue weighted by Crippen LogP contribution is 2.30. The first-order valence-corrected chi connectivity index (χ1v) is 11.9. The Hall–Kier alpha value is -3.79. The molecule has 0 spiro atoms. The minimum absolute atomic E-state index is 0.141. The fourth-order valence-corrected chi connectivity index (χ4v) is 3.93. The first kappa shape index (κ1) is 24.8. The lowest BCUT2D eigenvalue weighted by molar-refractivity contribution is -0.142. The number of benzene rings is 2. The number of carbonyl (C=O) groups excluding carboxylic acids is 2. The molecule has 9 nitrogen and oxygen atoms in total. The maximum Gasteiger partial charge on any atom is 0.431 e. The normalized spacial score (nSPS) is 13.3. The van der Waals surface area contributed by atoms with Gasteiger partial charge >= 0.3 is 12.1 Å². The zero-order chi connectivity index (χ0) is 24.5. The van der Waals surface area contributed by atoms with Crippen LogP contribution >= 0.6 is 11.8 Å². The molecule has 178 valence electrons. The third-order valence-electron chi connectivity index (χ3n) is 5.09. The van der Waals surface area contributed by atoms with Gasteiger partial charge in [-0.3, -0.25) is 14.8 Å². The number of carboxylic acid groups (broad SMARTS) is 1. The summed E-state index contributed by atoms with van der Waals surface area (Å²) in [5.41, 5.74) is 1.91. The summed E-state index contributed by atoms with van der Waals surface area (Å²) in [6, 6.07) is 13.1. The number of esters is 1. The van der Waals surface area contributed by atoms with E-state index in [0.29, 0.717) is 29.0 Å². The third kappa shape index (κ3) is 5.96. The van der Waals surface area contributed by atoms with E-state index >= 15 is 0 Å². The summed E-state index contributed by atoms with van der Waals surface area (Å²) in [6.45, 7) is 0.141. The first-order chi connectivity index (χ1) is 16.5. The molecule has 1 aliphatic heterocycles. The van der Waals surface area contributed by atoms with E-state index in [1.165, 1.54) is 12.1 Å². The van der Waals surface area contributed by atoms with Crippen molar-refractivity contribution in [2.24, 2.45) is 4.99 Å². The van der Waals surface area contributed by atoms with Crippen LogP contribution in [0.4, 0.5) is 10.5 Å². The molecule has 0 unspecified atom stereocenters. The molecule has 3 rings (SSSR count). The summed E-state index contributed by atoms with van der Waals surface area (Å²) >= 11 is 1.56. The van der Waals surface area contributed by atoms with Crippen molar-refractivity contribution in [3.63, 3.8) is 0 Å². The Kier molecular flexibility index (Phi) is 8.69. The topological polar surface area (TPSA) is 112 Å². The number of aliphatic imine (C=N–C) groups is 1. The molecule has 0 saturated heterocycles. The van der Waals surface area contributed by atoms with Gasteiger partial charge in [0.1, 0.15) is 12.7 Å². The Labute approximate surface area is 202 Å². The van der Waals surface area contributed by atoms with Crippen LogP contribution in [0, 0.1) is 0 Å². The van der Waals surface area contributed by atoms with Gasteiger partial charge in [-0.15, -0.1) is 0 Å². The van der Waals surface area contributed by atoms with Crippen LogP contribution < -0.4 is 10.3 Å². The number of methoxy groups -OCH3 is 1. The molecule has 0 saturated carbocycles. The van der Waals surface area contributed by atoms with Crippen molar-refractivity contribution in [2.75, 3.05) is 30.8 Å². The van der Waals surface area contributed by atoms with E-state index in [1.807, 2.05) is 36.6 Å². The van der Waals surface area contributed by atoms with Gasteiger partial charge in [-0.05, 0) is 53.8 Å². The molecule has 2 amide bonds. The van der Waals surface area contributed by atoms with Crippen LogP contribution in [-0.4, -0.2) is 66.1 Å². The van der Waals surface area contributed by atoms with E-state index in [1.54, 1.807) is 48.5 Å². The summed E-state index contributed by atoms with van der Waals surface area (Å²) in [6.07, 6.45) is 5.98. The predicted molar refractivity (Wildman–Crippen MR) is 133 cm³/mol. The number of allylic oxidation sites excluding steroid dienone is 1. The third-order valence-corrected chi connectivity index (χ3v) is 5.74. The van der Waals surface area contributed by atoms with Crippen LogP contribution in [-0.2, 0) is 9.53 Å². The van der Waals surface area contributed by atoms with Gasteiger partial charge in [0, 0.05) is 18.0 Å². The number of hydrogen-bond acceptors (Lipinski definition) is 7. The lowest BCUT2D eigenvalue weighted by Crippen LogP contribution is -2.44. The monoisotopic (exact) mass is 482 g/mol. The Morgan fingerprint density at radius 3 is 2.62 bits per heavy atom. The number of anilines is 1. The number of carbonyl (C=O) groups is 3. The van der Waals surface area contributed by atoms with Crippen LogP contribution in [0.25, 0.3) is 11.1 Å². The summed E-state index contributed by atoms with van der Waals surface area (Å²) in [4.78, 5) is 41.6. The molecule has 0 bridgehead atoms. The molecule has 2 aromatic carbocycles. The Morgan fingerprint density at radius 2 is 2.00 bits per heavy atom. The number of nitrogens with one attached hydrogen (secondary N) is 1. The van der Waals surface area contributed by atoms with Crippen molar-refractivity contribution in [1.29, 1.82) is 0 Å². The lowest BCUT2D eigenvalue weighted by atomic mass is 9.98. The number of rotatable bonds is 9. The van der Waals surface area contributed by atoms with Crippen LogP contribution in [0.3, 0.4) is 0 Å². The van der Waals surface area contributed by atoms with Crippen molar-refractivity contribution in [2.45, 2.75) is 12.5 Å². The maximum absolute atomic E-state index is 13.3. The van der Waals surface area contributed by atoms with Gasteiger partial charge in [-0.1, -0.05) is 30.3 Å². The maximum atomic E-state index is 13.3. The molecule has 10 heteroatoms. The molecule has 0 radical (unpaired) electrons. The Balaban J connectivity index is 2.01. The molecule has 1 aliphatic rings. The Bertz CT molecular complexity index is 1090. The highest BCUT2D eigenvalue weighted by atomic mass is 32.2. The molecule has 0 aliphatic carbocycles. The van der Waals surface area contributed by atoms with Gasteiger partial charge in [0.25, 0.3) is 5.91 Å². The van der Waals surface area contributed by atoms with Gasteiger partial charge in [0.15, 0.2) is 0 Å². The molecule has 2 aromatic rings. The SMILES string of the molecule is COC(=O)[C@H](CCSC)NC(=O)c1ccc(N(C(=O)O)N2C=CC=NC2)cc1-c1ccccc1. The summed E-state index contributed by atoms with van der Waals surface area (Å²) in [5.74, 6) is -0.301. The minimum Gasteiger partial charge on any atom is -0.467 e. The smallest absolute Gasteiger partial charge is 0.431 e. The quantitative estimate of drug-likeness (QED) is 0.525. The Morgan fingerprint density at radius 1 is 1.24 bits per heavy atom. The van der Waals surface area contributed by atoms with Crippen LogP contribution in [0.2, 0.25) is 0 Å². The van der Waals surface area contributed by atoms with Crippen molar-refractivity contribution in [1.82, 2.24) is 10.3 Å². The van der Waals surface area contributed by atoms with Crippen molar-refractivity contribution in [3.8, 4) is 11.1 Å². The number of amides is 2. The average Bonchev–Trinajstić information content (AvgIpc) is 2.87. The van der Waals surface area contributed by atoms with Crippen molar-refractivity contribution < 1.29 is 24.2 Å². The van der Waals surface area contributed by atoms with Gasteiger partial charge in [-0.25, -0.2) is 9.59 Å². The van der Waals surface area contributed by atoms with E-state index in [4.69, 9.17) is 4.74 Å². The second-order valence-electron chi connectivity index (χ2n) is 7.28. The van der Waals surface area contributed by atoms with Gasteiger partial charge in [-0.2, -0.15) is 16.8 Å². The molecular formula is C24H26N4O5S. The molecule has 2 N–H and O–H groups in total. The number of ether oxygens (including phenoxy) is 1. The number of thioether (sulfide) groups is 1. The summed E-state index contributed by atoms with van der Waals surface area (Å²) in [5, 5.41) is 15.2. The highest BCUT2D eigenvalue weighted by Gasteiger charge is 2.26. The molecule has 34 heavy (non-hydrogen) atoms. The van der Waals surface area contributed by atoms with E-state index in [2.05, 4.69) is 10.3 Å². The highest BCUT2D eigenvalue weighted by molar-refractivity contribution is 7.98. The van der Waals surface area contributed by atoms with Crippen LogP contribution in [0.5, 0.6) is 0 Å². The van der Waals surface area contributed by atoms with Gasteiger partial charge < -0.3 is 15.2 Å². The molecule has 0 aromatic heterocycles. The standard InChI is InChI=1S/C24H26N4O5S/c1-33-23(30)21(11-14-34-2)26-22(29)19-10-9-18(15-20(19)17-7-4-3-5-8-17)28(24(31)32)27-13-6-12-25-16-27/h3-10,12-13,15,21H,11,14,16H2,1-2H3,(H,26,29)(H,31,32)/t21-/m0/s1. The number of hydrogen-bond donors (Lipinski definition) is 2. The van der Waals surface area contributed by atoms with E-state index in [0.717, 1.165) is 10.6 Å². The van der Waals surface area contributed by atoms with E-state index < -0.39 is 24.0 Å². The molecule has 0 fully saturated rings. The fraction of sp³-hybridized carbons (Fsp3) is 0.250. The van der Waals surface area contributed by atoms with E-state index in [9.17, 15) is 19.5 Å². The molecule has 1 heterocycles.